The first-order valence-electron chi connectivity index (χ1n) is 8.25. The Morgan fingerprint density at radius 1 is 1.08 bits per heavy atom. The summed E-state index contributed by atoms with van der Waals surface area (Å²) < 4.78 is 24.7. The topological polar surface area (TPSA) is 43.4 Å². The molecule has 130 valence electrons. The van der Waals surface area contributed by atoms with Gasteiger partial charge in [-0.3, -0.25) is 4.98 Å². The smallest absolute Gasteiger partial charge is 0.161 e. The summed E-state index contributed by atoms with van der Waals surface area (Å²) in [5.74, 6) is 1.19. The van der Waals surface area contributed by atoms with Gasteiger partial charge in [-0.05, 0) is 48.4 Å². The number of rotatable bonds is 7. The van der Waals surface area contributed by atoms with Crippen molar-refractivity contribution in [2.24, 2.45) is 0 Å². The summed E-state index contributed by atoms with van der Waals surface area (Å²) in [5, 5.41) is 4.15. The van der Waals surface area contributed by atoms with Crippen molar-refractivity contribution in [3.8, 4) is 11.5 Å². The highest BCUT2D eigenvalue weighted by Crippen LogP contribution is 2.28. The van der Waals surface area contributed by atoms with Crippen molar-refractivity contribution in [2.45, 2.75) is 20.0 Å². The lowest BCUT2D eigenvalue weighted by molar-refractivity contribution is 0.310. The average molecular weight is 340 g/mol. The lowest BCUT2D eigenvalue weighted by Gasteiger charge is -2.12. The molecule has 4 nitrogen and oxygen atoms in total. The molecule has 0 spiro atoms. The lowest BCUT2D eigenvalue weighted by Crippen LogP contribution is -2.13. The van der Waals surface area contributed by atoms with E-state index in [0.29, 0.717) is 25.4 Å². The Kier molecular flexibility index (Phi) is 5.46. The molecule has 0 amide bonds. The fourth-order valence-electron chi connectivity index (χ4n) is 2.80. The number of benzene rings is 2. The maximum absolute atomic E-state index is 13.8. The molecule has 3 rings (SSSR count). The van der Waals surface area contributed by atoms with Crippen LogP contribution in [0.25, 0.3) is 10.9 Å². The van der Waals surface area contributed by atoms with Gasteiger partial charge >= 0.3 is 0 Å². The van der Waals surface area contributed by atoms with Crippen molar-refractivity contribution in [1.29, 1.82) is 0 Å². The number of hydrogen-bond acceptors (Lipinski definition) is 4. The van der Waals surface area contributed by atoms with Gasteiger partial charge in [0.1, 0.15) is 5.82 Å². The van der Waals surface area contributed by atoms with Crippen LogP contribution in [0.4, 0.5) is 4.39 Å². The number of hydrogen-bond donors (Lipinski definition) is 1. The number of nitrogens with one attached hydrogen (secondary N) is 1. The van der Waals surface area contributed by atoms with Crippen molar-refractivity contribution in [1.82, 2.24) is 10.3 Å². The molecule has 0 saturated heterocycles. The van der Waals surface area contributed by atoms with E-state index in [1.807, 2.05) is 37.3 Å². The third-order valence-electron chi connectivity index (χ3n) is 3.92. The van der Waals surface area contributed by atoms with Crippen LogP contribution in [0, 0.1) is 5.82 Å². The Morgan fingerprint density at radius 2 is 1.96 bits per heavy atom. The molecule has 1 N–H and O–H groups in total. The van der Waals surface area contributed by atoms with Crippen LogP contribution in [0.2, 0.25) is 0 Å². The summed E-state index contributed by atoms with van der Waals surface area (Å²) in [4.78, 5) is 4.37. The SMILES string of the molecule is CCOc1cc(CNCc2cc(F)cc3cccnc23)ccc1OC. The average Bonchev–Trinajstić information content (AvgIpc) is 2.62. The van der Waals surface area contributed by atoms with Crippen molar-refractivity contribution in [3.05, 3.63) is 65.6 Å². The first-order valence-corrected chi connectivity index (χ1v) is 8.25. The predicted molar refractivity (Wildman–Crippen MR) is 96.4 cm³/mol. The monoisotopic (exact) mass is 340 g/mol. The number of nitrogens with zero attached hydrogens (tertiary/aromatic N) is 1. The largest absolute Gasteiger partial charge is 0.493 e. The van der Waals surface area contributed by atoms with Crippen LogP contribution in [0.1, 0.15) is 18.1 Å². The van der Waals surface area contributed by atoms with Crippen molar-refractivity contribution in [2.75, 3.05) is 13.7 Å². The van der Waals surface area contributed by atoms with Crippen LogP contribution in [0.15, 0.2) is 48.7 Å². The van der Waals surface area contributed by atoms with Gasteiger partial charge < -0.3 is 14.8 Å². The van der Waals surface area contributed by atoms with Crippen LogP contribution in [0.5, 0.6) is 11.5 Å². The summed E-state index contributed by atoms with van der Waals surface area (Å²) >= 11 is 0. The van der Waals surface area contributed by atoms with E-state index < -0.39 is 0 Å². The van der Waals surface area contributed by atoms with E-state index in [4.69, 9.17) is 9.47 Å². The van der Waals surface area contributed by atoms with Crippen LogP contribution < -0.4 is 14.8 Å². The third kappa shape index (κ3) is 4.06. The summed E-state index contributed by atoms with van der Waals surface area (Å²) in [6, 6.07) is 12.5. The molecule has 0 aliphatic heterocycles. The second kappa shape index (κ2) is 7.94. The minimum Gasteiger partial charge on any atom is -0.493 e. The molecule has 1 aromatic heterocycles. The van der Waals surface area contributed by atoms with Gasteiger partial charge in [0.25, 0.3) is 0 Å². The number of pyridine rings is 1. The second-order valence-corrected chi connectivity index (χ2v) is 5.66. The van der Waals surface area contributed by atoms with Crippen molar-refractivity contribution < 1.29 is 13.9 Å². The van der Waals surface area contributed by atoms with E-state index in [0.717, 1.165) is 27.8 Å². The Labute approximate surface area is 146 Å². The molecule has 0 radical (unpaired) electrons. The van der Waals surface area contributed by atoms with E-state index in [1.165, 1.54) is 12.1 Å². The molecule has 0 saturated carbocycles. The molecule has 0 aliphatic rings. The minimum absolute atomic E-state index is 0.250. The third-order valence-corrected chi connectivity index (χ3v) is 3.92. The first-order chi connectivity index (χ1) is 12.2. The van der Waals surface area contributed by atoms with Crippen LogP contribution in [-0.4, -0.2) is 18.7 Å². The van der Waals surface area contributed by atoms with Gasteiger partial charge in [-0.1, -0.05) is 12.1 Å². The molecule has 3 aromatic rings. The normalized spacial score (nSPS) is 10.8. The number of aromatic nitrogens is 1. The Hall–Kier alpha value is -2.66. The molecule has 1 heterocycles. The van der Waals surface area contributed by atoms with Crippen LogP contribution >= 0.6 is 0 Å². The van der Waals surface area contributed by atoms with Gasteiger partial charge in [0.15, 0.2) is 11.5 Å². The van der Waals surface area contributed by atoms with Gasteiger partial charge in [-0.15, -0.1) is 0 Å². The second-order valence-electron chi connectivity index (χ2n) is 5.66. The molecule has 5 heteroatoms. The fraction of sp³-hybridized carbons (Fsp3) is 0.250. The van der Waals surface area contributed by atoms with Crippen molar-refractivity contribution in [3.63, 3.8) is 0 Å². The van der Waals surface area contributed by atoms with Crippen LogP contribution in [-0.2, 0) is 13.1 Å². The maximum atomic E-state index is 13.8. The zero-order valence-electron chi connectivity index (χ0n) is 14.4. The highest BCUT2D eigenvalue weighted by atomic mass is 19.1. The van der Waals surface area contributed by atoms with E-state index in [1.54, 1.807) is 13.3 Å². The van der Waals surface area contributed by atoms with E-state index >= 15 is 0 Å². The lowest BCUT2D eigenvalue weighted by atomic mass is 10.1. The molecule has 0 atom stereocenters. The molecule has 2 aromatic carbocycles. The molecule has 25 heavy (non-hydrogen) atoms. The van der Waals surface area contributed by atoms with Gasteiger partial charge in [-0.2, -0.15) is 0 Å². The Balaban J connectivity index is 1.72. The zero-order valence-corrected chi connectivity index (χ0v) is 14.4. The van der Waals surface area contributed by atoms with E-state index in [2.05, 4.69) is 10.3 Å². The predicted octanol–water partition coefficient (Wildman–Crippen LogP) is 4.07. The summed E-state index contributed by atoms with van der Waals surface area (Å²) in [7, 11) is 1.62. The van der Waals surface area contributed by atoms with Gasteiger partial charge in [0, 0.05) is 24.7 Å². The molecule has 0 bridgehead atoms. The minimum atomic E-state index is -0.250. The van der Waals surface area contributed by atoms with Gasteiger partial charge in [-0.25, -0.2) is 4.39 Å². The van der Waals surface area contributed by atoms with Gasteiger partial charge in [0.05, 0.1) is 19.2 Å². The highest BCUT2D eigenvalue weighted by molar-refractivity contribution is 5.81. The summed E-state index contributed by atoms with van der Waals surface area (Å²) in [6.07, 6.45) is 1.72. The molecule has 0 unspecified atom stereocenters. The molecular weight excluding hydrogens is 319 g/mol. The number of halogens is 1. The zero-order chi connectivity index (χ0) is 17.6. The standard InChI is InChI=1S/C20H21FN2O2/c1-3-25-19-9-14(6-7-18(19)24-2)12-22-13-16-11-17(21)10-15-5-4-8-23-20(15)16/h4-11,22H,3,12-13H2,1-2H3. The summed E-state index contributed by atoms with van der Waals surface area (Å²) in [6.45, 7) is 3.68. The van der Waals surface area contributed by atoms with E-state index in [-0.39, 0.29) is 5.82 Å². The summed E-state index contributed by atoms with van der Waals surface area (Å²) in [5.41, 5.74) is 2.73. The molecular formula is C20H21FN2O2. The van der Waals surface area contributed by atoms with E-state index in [9.17, 15) is 4.39 Å². The molecule has 0 aliphatic carbocycles. The van der Waals surface area contributed by atoms with Gasteiger partial charge in [0.2, 0.25) is 0 Å². The quantitative estimate of drug-likeness (QED) is 0.704. The first kappa shape index (κ1) is 17.2. The maximum Gasteiger partial charge on any atom is 0.161 e. The highest BCUT2D eigenvalue weighted by Gasteiger charge is 2.07. The van der Waals surface area contributed by atoms with Crippen molar-refractivity contribution >= 4 is 10.9 Å². The number of fused-ring (bicyclic) bond motifs is 1. The number of ether oxygens (including phenoxy) is 2. The fourth-order valence-corrected chi connectivity index (χ4v) is 2.80. The Morgan fingerprint density at radius 3 is 2.76 bits per heavy atom. The Bertz CT molecular complexity index is 867. The molecule has 0 fully saturated rings. The number of methoxy groups -OCH3 is 1. The van der Waals surface area contributed by atoms with Crippen LogP contribution in [0.3, 0.4) is 0 Å².